The molecule has 0 saturated carbocycles. The average Bonchev–Trinajstić information content (AvgIpc) is 2.88. The molecule has 0 amide bonds. The second-order valence-corrected chi connectivity index (χ2v) is 8.43. The highest BCUT2D eigenvalue weighted by molar-refractivity contribution is 6.21. The van der Waals surface area contributed by atoms with E-state index in [4.69, 9.17) is 0 Å². The fourth-order valence-electron chi connectivity index (χ4n) is 5.02. The van der Waals surface area contributed by atoms with Gasteiger partial charge in [-0.05, 0) is 73.8 Å². The zero-order chi connectivity index (χ0) is 21.3. The van der Waals surface area contributed by atoms with E-state index < -0.39 is 0 Å². The SMILES string of the molecule is C1=CC(c2ccc3c(-c4ccccc4)c4ccccc4c(-c4ccccc4)c3c2)=CCC1. The molecule has 1 aliphatic carbocycles. The molecule has 0 unspecified atom stereocenters. The molecule has 0 fully saturated rings. The lowest BCUT2D eigenvalue weighted by molar-refractivity contribution is 1.04. The topological polar surface area (TPSA) is 0 Å². The number of hydrogen-bond acceptors (Lipinski definition) is 0. The van der Waals surface area contributed by atoms with Gasteiger partial charge in [-0.3, -0.25) is 0 Å². The van der Waals surface area contributed by atoms with Gasteiger partial charge in [0.1, 0.15) is 0 Å². The lowest BCUT2D eigenvalue weighted by Crippen LogP contribution is -1.93. The smallest absolute Gasteiger partial charge is 0.00262 e. The number of rotatable bonds is 3. The largest absolute Gasteiger partial charge is 0.0836 e. The quantitative estimate of drug-likeness (QED) is 0.261. The van der Waals surface area contributed by atoms with E-state index in [2.05, 4.69) is 121 Å². The maximum atomic E-state index is 2.40. The molecular weight excluding hydrogens is 384 g/mol. The molecule has 0 N–H and O–H groups in total. The molecule has 5 aromatic carbocycles. The van der Waals surface area contributed by atoms with Crippen LogP contribution in [0.15, 0.2) is 121 Å². The molecule has 0 bridgehead atoms. The summed E-state index contributed by atoms with van der Waals surface area (Å²) < 4.78 is 0. The molecule has 0 spiro atoms. The number of hydrogen-bond donors (Lipinski definition) is 0. The fourth-order valence-corrected chi connectivity index (χ4v) is 5.02. The van der Waals surface area contributed by atoms with Crippen LogP contribution in [0.4, 0.5) is 0 Å². The Labute approximate surface area is 189 Å². The standard InChI is InChI=1S/C32H24/c1-4-12-23(13-5-1)26-20-21-29-30(22-26)32(25-16-8-3-9-17-25)28-19-11-10-18-27(28)31(29)24-14-6-2-7-15-24/h2-4,6-22H,1,5H2. The van der Waals surface area contributed by atoms with Gasteiger partial charge in [-0.15, -0.1) is 0 Å². The van der Waals surface area contributed by atoms with Crippen LogP contribution in [-0.4, -0.2) is 0 Å². The minimum Gasteiger partial charge on any atom is -0.0836 e. The molecule has 0 heterocycles. The third kappa shape index (κ3) is 3.16. The van der Waals surface area contributed by atoms with Gasteiger partial charge in [0.05, 0.1) is 0 Å². The van der Waals surface area contributed by atoms with Gasteiger partial charge >= 0.3 is 0 Å². The lowest BCUT2D eigenvalue weighted by Gasteiger charge is -2.19. The minimum absolute atomic E-state index is 1.11. The van der Waals surface area contributed by atoms with Crippen molar-refractivity contribution in [3.8, 4) is 22.3 Å². The van der Waals surface area contributed by atoms with Crippen LogP contribution in [-0.2, 0) is 0 Å². The normalized spacial score (nSPS) is 13.4. The third-order valence-electron chi connectivity index (χ3n) is 6.48. The Kier molecular flexibility index (Phi) is 4.70. The van der Waals surface area contributed by atoms with E-state index in [9.17, 15) is 0 Å². The van der Waals surface area contributed by atoms with Crippen molar-refractivity contribution in [2.75, 3.05) is 0 Å². The van der Waals surface area contributed by atoms with Gasteiger partial charge in [-0.25, -0.2) is 0 Å². The predicted molar refractivity (Wildman–Crippen MR) is 139 cm³/mol. The maximum absolute atomic E-state index is 2.40. The van der Waals surface area contributed by atoms with Crippen LogP contribution in [0.2, 0.25) is 0 Å². The highest BCUT2D eigenvalue weighted by Crippen LogP contribution is 2.44. The molecule has 5 aromatic rings. The molecule has 6 rings (SSSR count). The number of fused-ring (bicyclic) bond motifs is 2. The number of benzene rings is 5. The summed E-state index contributed by atoms with van der Waals surface area (Å²) in [7, 11) is 0. The first kappa shape index (κ1) is 18.8. The molecule has 0 nitrogen and oxygen atoms in total. The van der Waals surface area contributed by atoms with Crippen LogP contribution in [0.3, 0.4) is 0 Å². The van der Waals surface area contributed by atoms with Crippen LogP contribution in [0.25, 0.3) is 49.4 Å². The van der Waals surface area contributed by atoms with Gasteiger partial charge in [-0.2, -0.15) is 0 Å². The van der Waals surface area contributed by atoms with Gasteiger partial charge in [0.25, 0.3) is 0 Å². The Morgan fingerprint density at radius 2 is 1.00 bits per heavy atom. The van der Waals surface area contributed by atoms with Crippen molar-refractivity contribution >= 4 is 27.1 Å². The van der Waals surface area contributed by atoms with Crippen molar-refractivity contribution in [1.82, 2.24) is 0 Å². The van der Waals surface area contributed by atoms with Crippen molar-refractivity contribution < 1.29 is 0 Å². The van der Waals surface area contributed by atoms with Gasteiger partial charge in [0.15, 0.2) is 0 Å². The summed E-state index contributed by atoms with van der Waals surface area (Å²) >= 11 is 0. The molecule has 32 heavy (non-hydrogen) atoms. The molecule has 0 saturated heterocycles. The molecule has 152 valence electrons. The van der Waals surface area contributed by atoms with Crippen molar-refractivity contribution in [3.63, 3.8) is 0 Å². The highest BCUT2D eigenvalue weighted by atomic mass is 14.2. The Hall–Kier alpha value is -3.90. The van der Waals surface area contributed by atoms with Crippen molar-refractivity contribution in [1.29, 1.82) is 0 Å². The van der Waals surface area contributed by atoms with E-state index in [0.717, 1.165) is 12.8 Å². The van der Waals surface area contributed by atoms with E-state index in [1.807, 2.05) is 0 Å². The second kappa shape index (κ2) is 7.98. The zero-order valence-electron chi connectivity index (χ0n) is 18.0. The van der Waals surface area contributed by atoms with Crippen LogP contribution >= 0.6 is 0 Å². The molecule has 0 radical (unpaired) electrons. The van der Waals surface area contributed by atoms with Gasteiger partial charge in [0.2, 0.25) is 0 Å². The van der Waals surface area contributed by atoms with Crippen LogP contribution < -0.4 is 0 Å². The highest BCUT2D eigenvalue weighted by Gasteiger charge is 2.17. The maximum Gasteiger partial charge on any atom is -0.00262 e. The van der Waals surface area contributed by atoms with Crippen LogP contribution in [0, 0.1) is 0 Å². The molecule has 0 aromatic heterocycles. The Balaban J connectivity index is 1.78. The predicted octanol–water partition coefficient (Wildman–Crippen LogP) is 9.06. The molecule has 0 atom stereocenters. The van der Waals surface area contributed by atoms with Crippen LogP contribution in [0.5, 0.6) is 0 Å². The zero-order valence-corrected chi connectivity index (χ0v) is 18.0. The van der Waals surface area contributed by atoms with Crippen LogP contribution in [0.1, 0.15) is 18.4 Å². The number of allylic oxidation sites excluding steroid dienone is 4. The van der Waals surface area contributed by atoms with E-state index in [1.54, 1.807) is 0 Å². The van der Waals surface area contributed by atoms with Gasteiger partial charge in [-0.1, -0.05) is 115 Å². The van der Waals surface area contributed by atoms with Crippen molar-refractivity contribution in [2.24, 2.45) is 0 Å². The summed E-state index contributed by atoms with van der Waals surface area (Å²) in [6, 6.07) is 37.5. The summed E-state index contributed by atoms with van der Waals surface area (Å²) in [5.74, 6) is 0. The average molecular weight is 409 g/mol. The Morgan fingerprint density at radius 3 is 1.59 bits per heavy atom. The molecule has 0 heteroatoms. The first-order valence-corrected chi connectivity index (χ1v) is 11.4. The lowest BCUT2D eigenvalue weighted by atomic mass is 9.84. The van der Waals surface area contributed by atoms with E-state index in [0.29, 0.717) is 0 Å². The second-order valence-electron chi connectivity index (χ2n) is 8.43. The van der Waals surface area contributed by atoms with Crippen molar-refractivity contribution in [3.05, 3.63) is 127 Å². The van der Waals surface area contributed by atoms with E-state index in [-0.39, 0.29) is 0 Å². The fraction of sp³-hybridized carbons (Fsp3) is 0.0625. The van der Waals surface area contributed by atoms with Gasteiger partial charge < -0.3 is 0 Å². The van der Waals surface area contributed by atoms with E-state index >= 15 is 0 Å². The Bertz CT molecular complexity index is 1490. The first-order valence-electron chi connectivity index (χ1n) is 11.4. The minimum atomic E-state index is 1.11. The van der Waals surface area contributed by atoms with E-state index in [1.165, 1.54) is 54.9 Å². The summed E-state index contributed by atoms with van der Waals surface area (Å²) in [6.45, 7) is 0. The molecular formula is C32H24. The molecule has 0 aliphatic heterocycles. The van der Waals surface area contributed by atoms with Crippen molar-refractivity contribution in [2.45, 2.75) is 12.8 Å². The molecule has 1 aliphatic rings. The third-order valence-corrected chi connectivity index (χ3v) is 6.48. The van der Waals surface area contributed by atoms with Gasteiger partial charge in [0, 0.05) is 0 Å². The summed E-state index contributed by atoms with van der Waals surface area (Å²) in [5.41, 5.74) is 7.77. The summed E-state index contributed by atoms with van der Waals surface area (Å²) in [4.78, 5) is 0. The monoisotopic (exact) mass is 408 g/mol. The summed E-state index contributed by atoms with van der Waals surface area (Å²) in [5, 5.41) is 5.22. The first-order chi connectivity index (χ1) is 15.9. The summed E-state index contributed by atoms with van der Waals surface area (Å²) in [6.07, 6.45) is 9.17. The Morgan fingerprint density at radius 1 is 0.438 bits per heavy atom.